The standard InChI is InChI=1S/C22H29ClN4O3/c1-15(26-16(2)28)12-29-19-9-18(10-19)13-30-22-20(23)21(24-14-25-22)27(3)11-17-7-5-4-6-8-17/h4-8,14-15,18-19H,9-13H2,1-3H3,(H,26,28)/t15-,18?,19?/m0/s1. The Morgan fingerprint density at radius 2 is 2.03 bits per heavy atom. The molecule has 30 heavy (non-hydrogen) atoms. The van der Waals surface area contributed by atoms with Gasteiger partial charge in [-0.25, -0.2) is 9.97 Å². The molecule has 0 aliphatic heterocycles. The number of ether oxygens (including phenoxy) is 2. The molecular formula is C22H29ClN4O3. The molecule has 0 radical (unpaired) electrons. The number of nitrogens with one attached hydrogen (secondary N) is 1. The summed E-state index contributed by atoms with van der Waals surface area (Å²) >= 11 is 6.52. The van der Waals surface area contributed by atoms with E-state index in [1.807, 2.05) is 37.1 Å². The number of hydrogen-bond acceptors (Lipinski definition) is 6. The third kappa shape index (κ3) is 6.31. The molecule has 8 heteroatoms. The Balaban J connectivity index is 1.44. The van der Waals surface area contributed by atoms with Gasteiger partial charge in [-0.05, 0) is 31.2 Å². The van der Waals surface area contributed by atoms with Crippen LogP contribution in [0.5, 0.6) is 5.88 Å². The fraction of sp³-hybridized carbons (Fsp3) is 0.500. The molecule has 162 valence electrons. The molecule has 1 atom stereocenters. The molecule has 0 bridgehead atoms. The second-order valence-corrected chi connectivity index (χ2v) is 8.24. The summed E-state index contributed by atoms with van der Waals surface area (Å²) in [5, 5.41) is 3.24. The molecule has 0 unspecified atom stereocenters. The van der Waals surface area contributed by atoms with Crippen LogP contribution < -0.4 is 15.0 Å². The summed E-state index contributed by atoms with van der Waals surface area (Å²) < 4.78 is 11.7. The van der Waals surface area contributed by atoms with E-state index in [1.54, 1.807) is 0 Å². The summed E-state index contributed by atoms with van der Waals surface area (Å²) in [6.45, 7) is 5.20. The monoisotopic (exact) mass is 432 g/mol. The highest BCUT2D eigenvalue weighted by Gasteiger charge is 2.31. The molecule has 1 saturated carbocycles. The normalized spacial score (nSPS) is 18.9. The summed E-state index contributed by atoms with van der Waals surface area (Å²) in [4.78, 5) is 21.5. The van der Waals surface area contributed by atoms with Gasteiger partial charge in [-0.1, -0.05) is 41.9 Å². The minimum absolute atomic E-state index is 0.0175. The van der Waals surface area contributed by atoms with Crippen LogP contribution in [0.3, 0.4) is 0 Å². The van der Waals surface area contributed by atoms with E-state index in [4.69, 9.17) is 21.1 Å². The third-order valence-corrected chi connectivity index (χ3v) is 5.37. The van der Waals surface area contributed by atoms with Gasteiger partial charge in [0.1, 0.15) is 11.3 Å². The van der Waals surface area contributed by atoms with Gasteiger partial charge in [-0.2, -0.15) is 0 Å². The zero-order valence-corrected chi connectivity index (χ0v) is 18.4. The van der Waals surface area contributed by atoms with E-state index in [9.17, 15) is 4.79 Å². The van der Waals surface area contributed by atoms with Crippen LogP contribution in [0.25, 0.3) is 0 Å². The van der Waals surface area contributed by atoms with Gasteiger partial charge >= 0.3 is 0 Å². The molecular weight excluding hydrogens is 404 g/mol. The van der Waals surface area contributed by atoms with Crippen molar-refractivity contribution in [3.8, 4) is 5.88 Å². The van der Waals surface area contributed by atoms with Crippen molar-refractivity contribution in [3.63, 3.8) is 0 Å². The van der Waals surface area contributed by atoms with Crippen molar-refractivity contribution in [1.29, 1.82) is 0 Å². The Morgan fingerprint density at radius 3 is 2.73 bits per heavy atom. The number of amides is 1. The lowest BCUT2D eigenvalue weighted by Gasteiger charge is -2.35. The summed E-state index contributed by atoms with van der Waals surface area (Å²) in [6.07, 6.45) is 3.55. The zero-order chi connectivity index (χ0) is 21.5. The van der Waals surface area contributed by atoms with Crippen LogP contribution in [0.15, 0.2) is 36.7 Å². The summed E-state index contributed by atoms with van der Waals surface area (Å²) in [6, 6.07) is 10.2. The minimum Gasteiger partial charge on any atom is -0.476 e. The third-order valence-electron chi connectivity index (χ3n) is 5.04. The predicted octanol–water partition coefficient (Wildman–Crippen LogP) is 3.47. The predicted molar refractivity (Wildman–Crippen MR) is 117 cm³/mol. The zero-order valence-electron chi connectivity index (χ0n) is 17.7. The van der Waals surface area contributed by atoms with E-state index in [0.29, 0.717) is 42.4 Å². The van der Waals surface area contributed by atoms with Crippen molar-refractivity contribution < 1.29 is 14.3 Å². The van der Waals surface area contributed by atoms with Crippen molar-refractivity contribution in [1.82, 2.24) is 15.3 Å². The van der Waals surface area contributed by atoms with Crippen molar-refractivity contribution in [3.05, 3.63) is 47.2 Å². The van der Waals surface area contributed by atoms with E-state index in [2.05, 4.69) is 27.4 Å². The molecule has 1 aromatic heterocycles. The van der Waals surface area contributed by atoms with Crippen LogP contribution in [-0.2, 0) is 16.1 Å². The number of carbonyl (C=O) groups excluding carboxylic acids is 1. The lowest BCUT2D eigenvalue weighted by molar-refractivity contribution is -0.120. The molecule has 1 aliphatic carbocycles. The second-order valence-electron chi connectivity index (χ2n) is 7.86. The first kappa shape index (κ1) is 22.3. The van der Waals surface area contributed by atoms with Crippen LogP contribution >= 0.6 is 11.6 Å². The number of nitrogens with zero attached hydrogens (tertiary/aromatic N) is 3. The Morgan fingerprint density at radius 1 is 1.30 bits per heavy atom. The largest absolute Gasteiger partial charge is 0.476 e. The van der Waals surface area contributed by atoms with E-state index in [-0.39, 0.29) is 18.1 Å². The van der Waals surface area contributed by atoms with Crippen LogP contribution in [-0.4, -0.2) is 48.3 Å². The molecule has 1 heterocycles. The first-order valence-electron chi connectivity index (χ1n) is 10.2. The lowest BCUT2D eigenvalue weighted by Crippen LogP contribution is -2.40. The summed E-state index contributed by atoms with van der Waals surface area (Å²) in [7, 11) is 1.95. The van der Waals surface area contributed by atoms with Crippen molar-refractivity contribution in [2.75, 3.05) is 25.2 Å². The van der Waals surface area contributed by atoms with Crippen LogP contribution in [0.1, 0.15) is 32.3 Å². The number of aromatic nitrogens is 2. The fourth-order valence-corrected chi connectivity index (χ4v) is 3.75. The number of halogens is 1. The minimum atomic E-state index is -0.0403. The first-order chi connectivity index (χ1) is 14.4. The van der Waals surface area contributed by atoms with E-state index in [1.165, 1.54) is 18.8 Å². The van der Waals surface area contributed by atoms with Gasteiger partial charge in [0.25, 0.3) is 0 Å². The highest BCUT2D eigenvalue weighted by molar-refractivity contribution is 6.34. The molecule has 0 spiro atoms. The maximum atomic E-state index is 11.0. The number of benzene rings is 1. The van der Waals surface area contributed by atoms with Crippen LogP contribution in [0.4, 0.5) is 5.82 Å². The van der Waals surface area contributed by atoms with Gasteiger partial charge in [0.05, 0.1) is 19.3 Å². The molecule has 3 rings (SSSR count). The molecule has 1 fully saturated rings. The van der Waals surface area contributed by atoms with Gasteiger partial charge in [-0.3, -0.25) is 4.79 Å². The quantitative estimate of drug-likeness (QED) is 0.619. The Bertz CT molecular complexity index is 830. The van der Waals surface area contributed by atoms with Gasteiger partial charge < -0.3 is 19.7 Å². The second kappa shape index (κ2) is 10.6. The van der Waals surface area contributed by atoms with E-state index >= 15 is 0 Å². The topological polar surface area (TPSA) is 76.6 Å². The summed E-state index contributed by atoms with van der Waals surface area (Å²) in [5.74, 6) is 1.42. The van der Waals surface area contributed by atoms with E-state index in [0.717, 1.165) is 12.8 Å². The maximum Gasteiger partial charge on any atom is 0.237 e. The summed E-state index contributed by atoms with van der Waals surface area (Å²) in [5.41, 5.74) is 1.17. The molecule has 1 aromatic carbocycles. The van der Waals surface area contributed by atoms with Crippen LogP contribution in [0.2, 0.25) is 5.02 Å². The smallest absolute Gasteiger partial charge is 0.237 e. The SMILES string of the molecule is CC(=O)N[C@@H](C)COC1CC(COc2ncnc(N(C)Cc3ccccc3)c2Cl)C1. The first-order valence-corrected chi connectivity index (χ1v) is 10.6. The number of carbonyl (C=O) groups is 1. The Hall–Kier alpha value is -2.38. The van der Waals surface area contributed by atoms with Crippen LogP contribution in [0, 0.1) is 5.92 Å². The van der Waals surface area contributed by atoms with Crippen molar-refractivity contribution in [2.24, 2.45) is 5.92 Å². The van der Waals surface area contributed by atoms with Crippen molar-refractivity contribution in [2.45, 2.75) is 45.4 Å². The van der Waals surface area contributed by atoms with Gasteiger partial charge in [0, 0.05) is 26.6 Å². The lowest BCUT2D eigenvalue weighted by atomic mass is 9.83. The molecule has 1 N–H and O–H groups in total. The average molecular weight is 433 g/mol. The van der Waals surface area contributed by atoms with E-state index < -0.39 is 0 Å². The number of rotatable bonds is 10. The highest BCUT2D eigenvalue weighted by atomic mass is 35.5. The number of hydrogen-bond donors (Lipinski definition) is 1. The van der Waals surface area contributed by atoms with Gasteiger partial charge in [0.2, 0.25) is 11.8 Å². The van der Waals surface area contributed by atoms with Crippen molar-refractivity contribution >= 4 is 23.3 Å². The maximum absolute atomic E-state index is 11.0. The average Bonchev–Trinajstić information content (AvgIpc) is 2.67. The fourth-order valence-electron chi connectivity index (χ4n) is 3.46. The Labute approximate surface area is 182 Å². The molecule has 1 aliphatic rings. The van der Waals surface area contributed by atoms with Gasteiger partial charge in [0.15, 0.2) is 5.82 Å². The molecule has 1 amide bonds. The Kier molecular flexibility index (Phi) is 7.87. The molecule has 7 nitrogen and oxygen atoms in total. The molecule has 0 saturated heterocycles. The highest BCUT2D eigenvalue weighted by Crippen LogP contribution is 2.34. The molecule has 2 aromatic rings. The van der Waals surface area contributed by atoms with Gasteiger partial charge in [-0.15, -0.1) is 0 Å². The number of anilines is 1.